The van der Waals surface area contributed by atoms with Crippen LogP contribution in [-0.4, -0.2) is 25.8 Å². The van der Waals surface area contributed by atoms with E-state index < -0.39 is 5.97 Å². The average molecular weight is 211 g/mol. The maximum atomic E-state index is 10.6. The second kappa shape index (κ2) is 9.22. The number of carbonyl (C=O) groups excluding carboxylic acids is 1. The van der Waals surface area contributed by atoms with Crippen LogP contribution in [0.2, 0.25) is 0 Å². The van der Waals surface area contributed by atoms with E-state index >= 15 is 0 Å². The summed E-state index contributed by atoms with van der Waals surface area (Å²) in [6.45, 7) is 6.55. The normalized spacial score (nSPS) is 11.5. The van der Waals surface area contributed by atoms with Crippen molar-refractivity contribution >= 4 is 5.97 Å². The lowest BCUT2D eigenvalue weighted by molar-refractivity contribution is -0.137. The number of esters is 1. The van der Waals surface area contributed by atoms with Gasteiger partial charge in [0, 0.05) is 12.7 Å². The monoisotopic (exact) mass is 211 g/mol. The van der Waals surface area contributed by atoms with Crippen LogP contribution in [0.25, 0.3) is 0 Å². The molecule has 4 heteroatoms. The van der Waals surface area contributed by atoms with Crippen molar-refractivity contribution in [2.24, 2.45) is 5.92 Å². The molecule has 0 saturated carbocycles. The summed E-state index contributed by atoms with van der Waals surface area (Å²) in [6, 6.07) is 2.08. The molecule has 0 rings (SSSR count). The summed E-state index contributed by atoms with van der Waals surface area (Å²) in [6.07, 6.45) is 2.73. The van der Waals surface area contributed by atoms with Crippen molar-refractivity contribution in [1.82, 2.24) is 0 Å². The van der Waals surface area contributed by atoms with E-state index in [1.807, 2.05) is 6.92 Å². The molecule has 0 N–H and O–H groups in total. The number of nitriles is 1. The van der Waals surface area contributed by atoms with Crippen LogP contribution in [0.3, 0.4) is 0 Å². The van der Waals surface area contributed by atoms with E-state index in [2.05, 4.69) is 12.6 Å². The number of unbranched alkanes of at least 4 members (excludes halogenated alkanes) is 1. The quantitative estimate of drug-likeness (QED) is 0.348. The maximum absolute atomic E-state index is 10.6. The van der Waals surface area contributed by atoms with Crippen molar-refractivity contribution in [3.8, 4) is 6.07 Å². The van der Waals surface area contributed by atoms with Crippen LogP contribution in [0.4, 0.5) is 0 Å². The molecule has 0 spiro atoms. The fourth-order valence-corrected chi connectivity index (χ4v) is 0.835. The molecule has 0 aromatic rings. The summed E-state index contributed by atoms with van der Waals surface area (Å²) in [5.41, 5.74) is 0. The van der Waals surface area contributed by atoms with Gasteiger partial charge in [-0.25, -0.2) is 4.79 Å². The molecular weight excluding hydrogens is 194 g/mol. The minimum Gasteiger partial charge on any atom is -0.463 e. The highest BCUT2D eigenvalue weighted by Crippen LogP contribution is 1.96. The summed E-state index contributed by atoms with van der Waals surface area (Å²) in [5, 5.41) is 8.47. The lowest BCUT2D eigenvalue weighted by Gasteiger charge is -2.05. The largest absolute Gasteiger partial charge is 0.463 e. The van der Waals surface area contributed by atoms with Gasteiger partial charge in [0.05, 0.1) is 25.2 Å². The first-order chi connectivity index (χ1) is 7.20. The molecule has 0 aromatic heterocycles. The Balaban J connectivity index is 3.16. The van der Waals surface area contributed by atoms with E-state index in [-0.39, 0.29) is 5.92 Å². The molecule has 1 unspecified atom stereocenters. The summed E-state index contributed by atoms with van der Waals surface area (Å²) < 4.78 is 10.0. The fraction of sp³-hybridized carbons (Fsp3) is 0.636. The first-order valence-electron chi connectivity index (χ1n) is 4.97. The Morgan fingerprint density at radius 3 is 2.80 bits per heavy atom. The Morgan fingerprint density at radius 1 is 1.53 bits per heavy atom. The summed E-state index contributed by atoms with van der Waals surface area (Å²) in [7, 11) is 0. The minimum absolute atomic E-state index is 0.0661. The van der Waals surface area contributed by atoms with E-state index in [0.717, 1.165) is 18.9 Å². The van der Waals surface area contributed by atoms with Crippen LogP contribution in [0.15, 0.2) is 12.7 Å². The second-order valence-electron chi connectivity index (χ2n) is 3.18. The van der Waals surface area contributed by atoms with E-state index in [1.165, 1.54) is 0 Å². The molecule has 0 bridgehead atoms. The Hall–Kier alpha value is -1.34. The molecule has 0 amide bonds. The molecule has 0 aliphatic heterocycles. The van der Waals surface area contributed by atoms with Crippen molar-refractivity contribution in [2.45, 2.75) is 19.8 Å². The van der Waals surface area contributed by atoms with Gasteiger partial charge in [0.15, 0.2) is 0 Å². The molecule has 0 aromatic carbocycles. The number of rotatable bonds is 8. The zero-order valence-electron chi connectivity index (χ0n) is 9.07. The van der Waals surface area contributed by atoms with Crippen LogP contribution in [0, 0.1) is 17.2 Å². The molecule has 4 nitrogen and oxygen atoms in total. The molecule has 84 valence electrons. The SMILES string of the molecule is C=CC(=O)OCCCCOCC(C)C#N. The Morgan fingerprint density at radius 2 is 2.20 bits per heavy atom. The van der Waals surface area contributed by atoms with Gasteiger partial charge in [-0.2, -0.15) is 5.26 Å². The molecule has 0 fully saturated rings. The second-order valence-corrected chi connectivity index (χ2v) is 3.18. The predicted octanol–water partition coefficient (Wildman–Crippen LogP) is 1.67. The Kier molecular flexibility index (Phi) is 8.40. The van der Waals surface area contributed by atoms with Crippen LogP contribution < -0.4 is 0 Å². The maximum Gasteiger partial charge on any atom is 0.330 e. The minimum atomic E-state index is -0.394. The van der Waals surface area contributed by atoms with Gasteiger partial charge < -0.3 is 9.47 Å². The van der Waals surface area contributed by atoms with Gasteiger partial charge >= 0.3 is 5.97 Å². The van der Waals surface area contributed by atoms with Crippen LogP contribution in [-0.2, 0) is 14.3 Å². The van der Waals surface area contributed by atoms with Gasteiger partial charge in [0.2, 0.25) is 0 Å². The third-order valence-electron chi connectivity index (χ3n) is 1.68. The lowest BCUT2D eigenvalue weighted by Crippen LogP contribution is -2.06. The predicted molar refractivity (Wildman–Crippen MR) is 56.0 cm³/mol. The lowest BCUT2D eigenvalue weighted by atomic mass is 10.2. The summed E-state index contributed by atoms with van der Waals surface area (Å²) in [5.74, 6) is -0.461. The van der Waals surface area contributed by atoms with Crippen LogP contribution >= 0.6 is 0 Å². The molecule has 0 aliphatic rings. The van der Waals surface area contributed by atoms with E-state index in [4.69, 9.17) is 14.7 Å². The van der Waals surface area contributed by atoms with Crippen molar-refractivity contribution in [2.75, 3.05) is 19.8 Å². The smallest absolute Gasteiger partial charge is 0.330 e. The Bertz CT molecular complexity index is 232. The zero-order valence-corrected chi connectivity index (χ0v) is 9.07. The van der Waals surface area contributed by atoms with Crippen molar-refractivity contribution in [1.29, 1.82) is 5.26 Å². The van der Waals surface area contributed by atoms with Crippen LogP contribution in [0.1, 0.15) is 19.8 Å². The van der Waals surface area contributed by atoms with Gasteiger partial charge in [0.25, 0.3) is 0 Å². The highest BCUT2D eigenvalue weighted by atomic mass is 16.5. The standard InChI is InChI=1S/C11H17NO3/c1-3-11(13)15-7-5-4-6-14-9-10(2)8-12/h3,10H,1,4-7,9H2,2H3. The third kappa shape index (κ3) is 8.98. The van der Waals surface area contributed by atoms with Gasteiger partial charge in [-0.3, -0.25) is 0 Å². The summed E-state index contributed by atoms with van der Waals surface area (Å²) in [4.78, 5) is 10.6. The number of nitrogens with zero attached hydrogens (tertiary/aromatic N) is 1. The van der Waals surface area contributed by atoms with E-state index in [1.54, 1.807) is 0 Å². The third-order valence-corrected chi connectivity index (χ3v) is 1.68. The Labute approximate surface area is 90.5 Å². The molecular formula is C11H17NO3. The van der Waals surface area contributed by atoms with Gasteiger partial charge in [-0.15, -0.1) is 0 Å². The molecule has 0 heterocycles. The molecule has 0 aliphatic carbocycles. The van der Waals surface area contributed by atoms with Crippen molar-refractivity contribution in [3.05, 3.63) is 12.7 Å². The van der Waals surface area contributed by atoms with Crippen molar-refractivity contribution in [3.63, 3.8) is 0 Å². The highest BCUT2D eigenvalue weighted by molar-refractivity contribution is 5.81. The highest BCUT2D eigenvalue weighted by Gasteiger charge is 1.99. The molecule has 15 heavy (non-hydrogen) atoms. The zero-order chi connectivity index (χ0) is 11.5. The first-order valence-corrected chi connectivity index (χ1v) is 4.97. The van der Waals surface area contributed by atoms with Gasteiger partial charge in [0.1, 0.15) is 0 Å². The number of ether oxygens (including phenoxy) is 2. The molecule has 1 atom stereocenters. The van der Waals surface area contributed by atoms with Crippen LogP contribution in [0.5, 0.6) is 0 Å². The van der Waals surface area contributed by atoms with Gasteiger partial charge in [-0.1, -0.05) is 6.58 Å². The number of hydrogen-bond acceptors (Lipinski definition) is 4. The molecule has 0 saturated heterocycles. The average Bonchev–Trinajstić information content (AvgIpc) is 2.26. The van der Waals surface area contributed by atoms with Gasteiger partial charge in [-0.05, 0) is 19.8 Å². The number of carbonyl (C=O) groups is 1. The summed E-state index contributed by atoms with van der Waals surface area (Å²) >= 11 is 0. The molecule has 0 radical (unpaired) electrons. The topological polar surface area (TPSA) is 59.3 Å². The van der Waals surface area contributed by atoms with E-state index in [0.29, 0.717) is 19.8 Å². The van der Waals surface area contributed by atoms with Crippen molar-refractivity contribution < 1.29 is 14.3 Å². The first kappa shape index (κ1) is 13.7. The fourth-order valence-electron chi connectivity index (χ4n) is 0.835. The van der Waals surface area contributed by atoms with E-state index in [9.17, 15) is 4.79 Å². The number of hydrogen-bond donors (Lipinski definition) is 0.